The molecule has 9 heteroatoms. The number of pyridine rings is 1. The van der Waals surface area contributed by atoms with Crippen molar-refractivity contribution in [3.63, 3.8) is 0 Å². The van der Waals surface area contributed by atoms with Gasteiger partial charge in [0.2, 0.25) is 0 Å². The molecule has 2 aliphatic heterocycles. The van der Waals surface area contributed by atoms with E-state index in [0.717, 1.165) is 16.8 Å². The van der Waals surface area contributed by atoms with E-state index in [4.69, 9.17) is 22.1 Å². The molecule has 0 radical (unpaired) electrons. The van der Waals surface area contributed by atoms with Crippen molar-refractivity contribution in [1.29, 1.82) is 5.26 Å². The highest BCUT2D eigenvalue weighted by atomic mass is 35.5. The Balaban J connectivity index is 2.01. The highest BCUT2D eigenvalue weighted by Crippen LogP contribution is 2.45. The maximum Gasteiger partial charge on any atom is 0.336 e. The van der Waals surface area contributed by atoms with Gasteiger partial charge in [0.1, 0.15) is 10.8 Å². The van der Waals surface area contributed by atoms with Gasteiger partial charge in [0.25, 0.3) is 5.91 Å². The number of amides is 1. The van der Waals surface area contributed by atoms with Gasteiger partial charge in [0.15, 0.2) is 0 Å². The van der Waals surface area contributed by atoms with Crippen LogP contribution < -0.4 is 5.73 Å². The normalized spacial score (nSPS) is 17.7. The van der Waals surface area contributed by atoms with Gasteiger partial charge in [-0.15, -0.1) is 0 Å². The molecule has 3 heterocycles. The predicted octanol–water partition coefficient (Wildman–Crippen LogP) is 4.52. The van der Waals surface area contributed by atoms with Crippen molar-refractivity contribution in [2.45, 2.75) is 38.6 Å². The maximum absolute atomic E-state index is 13.9. The number of hydrogen-bond acceptors (Lipinski definition) is 7. The summed E-state index contributed by atoms with van der Waals surface area (Å²) in [7, 11) is 0. The Morgan fingerprint density at radius 1 is 1.29 bits per heavy atom. The average molecular weight is 495 g/mol. The number of nitrogens with zero attached hydrogens (tertiary/aromatic N) is 3. The van der Waals surface area contributed by atoms with Gasteiger partial charge in [-0.05, 0) is 56.5 Å². The van der Waals surface area contributed by atoms with Gasteiger partial charge in [0, 0.05) is 22.2 Å². The zero-order chi connectivity index (χ0) is 24.7. The Morgan fingerprint density at radius 3 is 2.59 bits per heavy atom. The van der Waals surface area contributed by atoms with Gasteiger partial charge < -0.3 is 10.5 Å². The van der Waals surface area contributed by atoms with E-state index in [-0.39, 0.29) is 29.3 Å². The number of esters is 1. The molecule has 1 atom stereocenters. The number of aromatic nitrogens is 1. The maximum atomic E-state index is 13.9. The number of ether oxygens (including phenoxy) is 1. The van der Waals surface area contributed by atoms with Crippen molar-refractivity contribution >= 4 is 35.2 Å². The van der Waals surface area contributed by atoms with E-state index >= 15 is 0 Å². The molecule has 2 N–H and O–H groups in total. The molecular formula is C25H23ClN4O3S. The van der Waals surface area contributed by atoms with Crippen LogP contribution in [-0.4, -0.2) is 34.1 Å². The number of nitrogens with two attached hydrogens (primary N) is 1. The summed E-state index contributed by atoms with van der Waals surface area (Å²) in [5, 5.41) is 11.2. The number of aryl methyl sites for hydroxylation is 1. The molecule has 0 aliphatic carbocycles. The molecule has 0 bridgehead atoms. The minimum atomic E-state index is -0.792. The first-order valence-corrected chi connectivity index (χ1v) is 12.1. The van der Waals surface area contributed by atoms with Crippen molar-refractivity contribution in [3.05, 3.63) is 79.9 Å². The molecule has 1 amide bonds. The van der Waals surface area contributed by atoms with Crippen LogP contribution in [0.3, 0.4) is 0 Å². The monoisotopic (exact) mass is 494 g/mol. The fraction of sp³-hybridized carbons (Fsp3) is 0.280. The van der Waals surface area contributed by atoms with E-state index in [1.54, 1.807) is 31.2 Å². The first-order valence-electron chi connectivity index (χ1n) is 10.7. The number of nitriles is 1. The van der Waals surface area contributed by atoms with Gasteiger partial charge in [-0.1, -0.05) is 35.5 Å². The van der Waals surface area contributed by atoms with Crippen molar-refractivity contribution in [2.24, 2.45) is 5.73 Å². The van der Waals surface area contributed by atoms with Gasteiger partial charge in [-0.3, -0.25) is 9.69 Å². The standard InChI is InChI=1S/C25H23ClN4O3S/c1-5-33-25(32)21-18-11-34-23-19(13(3)12(2)14(4)29-23)24(31)30(18)22(28)17(10-27)20(21)15-6-8-16(26)9-7-15/h6-9,20H,5,11,28H2,1-4H3. The third kappa shape index (κ3) is 3.75. The first-order chi connectivity index (χ1) is 16.2. The molecule has 2 aromatic rings. The number of benzene rings is 1. The summed E-state index contributed by atoms with van der Waals surface area (Å²) in [6, 6.07) is 8.99. The second-order valence-corrected chi connectivity index (χ2v) is 9.43. The lowest BCUT2D eigenvalue weighted by atomic mass is 9.81. The smallest absolute Gasteiger partial charge is 0.336 e. The second-order valence-electron chi connectivity index (χ2n) is 8.03. The predicted molar refractivity (Wildman–Crippen MR) is 130 cm³/mol. The summed E-state index contributed by atoms with van der Waals surface area (Å²) in [5.74, 6) is -1.55. The van der Waals surface area contributed by atoms with Crippen molar-refractivity contribution in [3.8, 4) is 6.07 Å². The molecule has 174 valence electrons. The van der Waals surface area contributed by atoms with E-state index in [2.05, 4.69) is 11.1 Å². The van der Waals surface area contributed by atoms with Crippen molar-refractivity contribution in [2.75, 3.05) is 12.4 Å². The fourth-order valence-electron chi connectivity index (χ4n) is 4.29. The molecule has 0 spiro atoms. The Morgan fingerprint density at radius 2 is 1.97 bits per heavy atom. The molecule has 1 aromatic carbocycles. The summed E-state index contributed by atoms with van der Waals surface area (Å²) < 4.78 is 5.39. The van der Waals surface area contributed by atoms with E-state index in [1.165, 1.54) is 16.7 Å². The van der Waals surface area contributed by atoms with Gasteiger partial charge in [0.05, 0.1) is 35.3 Å². The lowest BCUT2D eigenvalue weighted by Gasteiger charge is -2.35. The van der Waals surface area contributed by atoms with Crippen LogP contribution in [0, 0.1) is 32.1 Å². The number of halogens is 1. The topological polar surface area (TPSA) is 109 Å². The number of thioether (sulfide) groups is 1. The van der Waals surface area contributed by atoms with Crippen molar-refractivity contribution in [1.82, 2.24) is 9.88 Å². The Labute approximate surface area is 207 Å². The lowest BCUT2D eigenvalue weighted by Crippen LogP contribution is -2.41. The molecule has 0 saturated heterocycles. The summed E-state index contributed by atoms with van der Waals surface area (Å²) in [5.41, 5.74) is 10.8. The van der Waals surface area contributed by atoms with Gasteiger partial charge in [-0.25, -0.2) is 9.78 Å². The largest absolute Gasteiger partial charge is 0.463 e. The van der Waals surface area contributed by atoms with Crippen LogP contribution in [0.5, 0.6) is 0 Å². The molecule has 0 saturated carbocycles. The molecule has 0 fully saturated rings. The van der Waals surface area contributed by atoms with Crippen LogP contribution >= 0.6 is 23.4 Å². The number of fused-ring (bicyclic) bond motifs is 2. The van der Waals surface area contributed by atoms with Crippen molar-refractivity contribution < 1.29 is 14.3 Å². The van der Waals surface area contributed by atoms with Crippen LogP contribution in [0.25, 0.3) is 0 Å². The zero-order valence-electron chi connectivity index (χ0n) is 19.2. The minimum absolute atomic E-state index is 0.00146. The van der Waals surface area contributed by atoms with E-state index in [0.29, 0.717) is 26.9 Å². The van der Waals surface area contributed by atoms with Crippen LogP contribution in [0.4, 0.5) is 0 Å². The first kappa shape index (κ1) is 23.9. The Bertz CT molecular complexity index is 1330. The summed E-state index contributed by atoms with van der Waals surface area (Å²) in [6.45, 7) is 7.53. The molecule has 34 heavy (non-hydrogen) atoms. The summed E-state index contributed by atoms with van der Waals surface area (Å²) in [4.78, 5) is 33.1. The number of rotatable bonds is 3. The summed E-state index contributed by atoms with van der Waals surface area (Å²) >= 11 is 7.44. The van der Waals surface area contributed by atoms with E-state index in [9.17, 15) is 14.9 Å². The summed E-state index contributed by atoms with van der Waals surface area (Å²) in [6.07, 6.45) is 0. The van der Waals surface area contributed by atoms with E-state index < -0.39 is 17.8 Å². The molecule has 7 nitrogen and oxygen atoms in total. The zero-order valence-corrected chi connectivity index (χ0v) is 20.8. The minimum Gasteiger partial charge on any atom is -0.463 e. The number of allylic oxidation sites excluding steroid dienone is 1. The Hall–Kier alpha value is -3.28. The van der Waals surface area contributed by atoms with Crippen LogP contribution in [-0.2, 0) is 9.53 Å². The van der Waals surface area contributed by atoms with Crippen LogP contribution in [0.2, 0.25) is 5.02 Å². The number of carbonyl (C=O) groups is 2. The van der Waals surface area contributed by atoms with Gasteiger partial charge >= 0.3 is 5.97 Å². The van der Waals surface area contributed by atoms with Gasteiger partial charge in [-0.2, -0.15) is 5.26 Å². The number of carbonyl (C=O) groups excluding carboxylic acids is 2. The number of hydrogen-bond donors (Lipinski definition) is 1. The van der Waals surface area contributed by atoms with E-state index in [1.807, 2.05) is 20.8 Å². The molecule has 1 unspecified atom stereocenters. The van der Waals surface area contributed by atoms with Crippen LogP contribution in [0.1, 0.15) is 45.6 Å². The molecule has 4 rings (SSSR count). The third-order valence-electron chi connectivity index (χ3n) is 6.22. The molecular weight excluding hydrogens is 472 g/mol. The third-order valence-corrected chi connectivity index (χ3v) is 7.46. The average Bonchev–Trinajstić information content (AvgIpc) is 2.94. The fourth-order valence-corrected chi connectivity index (χ4v) is 5.56. The SMILES string of the molecule is CCOC(=O)C1=C2CSc3nc(C)c(C)c(C)c3C(=O)N2C(N)=C(C#N)C1c1ccc(Cl)cc1. The quantitative estimate of drug-likeness (QED) is 0.625. The molecule has 1 aromatic heterocycles. The molecule has 2 aliphatic rings. The highest BCUT2D eigenvalue weighted by molar-refractivity contribution is 7.99. The second kappa shape index (κ2) is 9.16. The highest BCUT2D eigenvalue weighted by Gasteiger charge is 2.44. The lowest BCUT2D eigenvalue weighted by molar-refractivity contribution is -0.138. The Kier molecular flexibility index (Phi) is 6.43. The van der Waals surface area contributed by atoms with Crippen LogP contribution in [0.15, 0.2) is 52.0 Å².